The predicted octanol–water partition coefficient (Wildman–Crippen LogP) is 4.98. The molecule has 5 rings (SSSR count). The molecule has 0 saturated heterocycles. The van der Waals surface area contributed by atoms with E-state index >= 15 is 0 Å². The van der Waals surface area contributed by atoms with Crippen LogP contribution in [-0.4, -0.2) is 29.8 Å². The van der Waals surface area contributed by atoms with Crippen molar-refractivity contribution in [2.75, 3.05) is 11.9 Å². The summed E-state index contributed by atoms with van der Waals surface area (Å²) in [5.74, 6) is -0.0728. The number of anilines is 1. The fourth-order valence-electron chi connectivity index (χ4n) is 4.96. The predicted molar refractivity (Wildman–Crippen MR) is 121 cm³/mol. The molecule has 2 atom stereocenters. The highest BCUT2D eigenvalue weighted by Crippen LogP contribution is 2.50. The Balaban J connectivity index is 1.69. The molecule has 0 saturated carbocycles. The van der Waals surface area contributed by atoms with Gasteiger partial charge < -0.3 is 4.90 Å². The molecule has 2 heterocycles. The van der Waals surface area contributed by atoms with Gasteiger partial charge >= 0.3 is 0 Å². The molecule has 3 aromatic rings. The molecule has 0 radical (unpaired) electrons. The highest BCUT2D eigenvalue weighted by molar-refractivity contribution is 6.04. The van der Waals surface area contributed by atoms with Crippen molar-refractivity contribution in [1.29, 1.82) is 0 Å². The van der Waals surface area contributed by atoms with Gasteiger partial charge in [-0.1, -0.05) is 67.6 Å². The van der Waals surface area contributed by atoms with Crippen molar-refractivity contribution in [3.63, 3.8) is 0 Å². The Morgan fingerprint density at radius 1 is 1.00 bits per heavy atom. The fraction of sp³-hybridized carbons (Fsp3) is 0.231. The van der Waals surface area contributed by atoms with E-state index in [-0.39, 0.29) is 17.5 Å². The van der Waals surface area contributed by atoms with Gasteiger partial charge in [0.25, 0.3) is 5.91 Å². The van der Waals surface area contributed by atoms with Gasteiger partial charge in [0.05, 0.1) is 5.71 Å². The monoisotopic (exact) mass is 395 g/mol. The van der Waals surface area contributed by atoms with E-state index in [0.717, 1.165) is 17.7 Å². The molecule has 2 aliphatic heterocycles. The summed E-state index contributed by atoms with van der Waals surface area (Å²) in [7, 11) is 2.07. The lowest BCUT2D eigenvalue weighted by atomic mass is 9.75. The molecular formula is C26H25N3O. The average Bonchev–Trinajstić information content (AvgIpc) is 3.00. The summed E-state index contributed by atoms with van der Waals surface area (Å²) in [6, 6.07) is 26.2. The van der Waals surface area contributed by atoms with E-state index < -0.39 is 0 Å². The van der Waals surface area contributed by atoms with Gasteiger partial charge in [-0.05, 0) is 41.8 Å². The molecule has 0 spiro atoms. The summed E-state index contributed by atoms with van der Waals surface area (Å²) in [6.07, 6.45) is 0.607. The Labute approximate surface area is 177 Å². The first kappa shape index (κ1) is 18.6. The molecule has 0 aliphatic carbocycles. The second-order valence-electron chi connectivity index (χ2n) is 8.53. The number of aryl methyl sites for hydroxylation is 1. The van der Waals surface area contributed by atoms with Crippen molar-refractivity contribution in [1.82, 2.24) is 5.01 Å². The van der Waals surface area contributed by atoms with Crippen LogP contribution in [0.25, 0.3) is 0 Å². The Hall–Kier alpha value is -3.40. The van der Waals surface area contributed by atoms with Gasteiger partial charge in [-0.2, -0.15) is 5.10 Å². The van der Waals surface area contributed by atoms with Crippen LogP contribution in [0, 0.1) is 6.92 Å². The summed E-state index contributed by atoms with van der Waals surface area (Å²) in [6.45, 7) is 4.37. The summed E-state index contributed by atoms with van der Waals surface area (Å²) in [5, 5.41) is 6.64. The van der Waals surface area contributed by atoms with Crippen LogP contribution in [0.1, 0.15) is 40.4 Å². The van der Waals surface area contributed by atoms with Crippen molar-refractivity contribution in [2.45, 2.75) is 31.8 Å². The maximum absolute atomic E-state index is 13.6. The van der Waals surface area contributed by atoms with E-state index in [0.29, 0.717) is 5.56 Å². The van der Waals surface area contributed by atoms with E-state index in [1.165, 1.54) is 16.8 Å². The maximum atomic E-state index is 13.6. The minimum atomic E-state index is -0.255. The molecule has 150 valence electrons. The topological polar surface area (TPSA) is 35.9 Å². The molecule has 30 heavy (non-hydrogen) atoms. The normalized spacial score (nSPS) is 22.4. The van der Waals surface area contributed by atoms with Crippen molar-refractivity contribution in [2.24, 2.45) is 5.10 Å². The quantitative estimate of drug-likeness (QED) is 0.614. The zero-order valence-corrected chi connectivity index (χ0v) is 17.5. The minimum Gasteiger partial charge on any atom is -0.352 e. The zero-order chi connectivity index (χ0) is 20.9. The fourth-order valence-corrected chi connectivity index (χ4v) is 4.96. The third kappa shape index (κ3) is 2.75. The molecule has 0 bridgehead atoms. The van der Waals surface area contributed by atoms with Gasteiger partial charge in [0.2, 0.25) is 0 Å². The molecule has 4 nitrogen and oxygen atoms in total. The Bertz CT molecular complexity index is 1140. The number of carbonyl (C=O) groups is 1. The van der Waals surface area contributed by atoms with E-state index in [2.05, 4.69) is 56.1 Å². The number of rotatable bonds is 2. The number of benzene rings is 3. The van der Waals surface area contributed by atoms with Crippen molar-refractivity contribution < 1.29 is 4.79 Å². The van der Waals surface area contributed by atoms with Gasteiger partial charge in [-0.3, -0.25) is 4.79 Å². The summed E-state index contributed by atoms with van der Waals surface area (Å²) >= 11 is 0. The van der Waals surface area contributed by atoms with E-state index in [1.807, 2.05) is 48.5 Å². The van der Waals surface area contributed by atoms with E-state index in [4.69, 9.17) is 5.10 Å². The number of amides is 1. The molecule has 0 unspecified atom stereocenters. The second-order valence-corrected chi connectivity index (χ2v) is 8.53. The van der Waals surface area contributed by atoms with Crippen LogP contribution in [0.3, 0.4) is 0 Å². The number of hydrogen-bond donors (Lipinski definition) is 0. The molecule has 1 amide bonds. The largest absolute Gasteiger partial charge is 0.352 e. The Morgan fingerprint density at radius 2 is 1.67 bits per heavy atom. The van der Waals surface area contributed by atoms with Gasteiger partial charge in [0, 0.05) is 30.1 Å². The van der Waals surface area contributed by atoms with Crippen molar-refractivity contribution in [3.05, 3.63) is 101 Å². The lowest BCUT2D eigenvalue weighted by Crippen LogP contribution is -2.57. The molecule has 0 fully saturated rings. The third-order valence-corrected chi connectivity index (χ3v) is 6.42. The van der Waals surface area contributed by atoms with Crippen LogP contribution in [0.5, 0.6) is 0 Å². The van der Waals surface area contributed by atoms with Gasteiger partial charge in [0.1, 0.15) is 6.17 Å². The lowest BCUT2D eigenvalue weighted by Gasteiger charge is -2.44. The van der Waals surface area contributed by atoms with Crippen LogP contribution >= 0.6 is 0 Å². The van der Waals surface area contributed by atoms with E-state index in [9.17, 15) is 4.79 Å². The van der Waals surface area contributed by atoms with Crippen LogP contribution in [0.4, 0.5) is 5.69 Å². The number of likely N-dealkylation sites (N-methyl/N-ethyl adjacent to an activating group) is 1. The molecule has 3 aromatic carbocycles. The smallest absolute Gasteiger partial charge is 0.275 e. The second kappa shape index (κ2) is 6.84. The van der Waals surface area contributed by atoms with E-state index in [1.54, 1.807) is 5.01 Å². The average molecular weight is 396 g/mol. The van der Waals surface area contributed by atoms with Gasteiger partial charge in [0.15, 0.2) is 0 Å². The molecule has 0 aromatic heterocycles. The number of hydrazone groups is 1. The number of hydrogen-bond acceptors (Lipinski definition) is 3. The highest BCUT2D eigenvalue weighted by Gasteiger charge is 2.54. The minimum absolute atomic E-state index is 0.0728. The first-order chi connectivity index (χ1) is 14.5. The van der Waals surface area contributed by atoms with Crippen LogP contribution in [0.15, 0.2) is 84.0 Å². The van der Waals surface area contributed by atoms with Crippen molar-refractivity contribution in [3.8, 4) is 0 Å². The standard InChI is InChI=1S/C26H25N3O/c1-18-14-15-21-23(16-18)28(3)25-26(21,2)17-22(19-10-6-4-7-11-19)27-29(25)24(30)20-12-8-5-9-13-20/h4-16,25H,17H2,1-3H3/t25-,26+/m0/s1. The molecule has 0 N–H and O–H groups in total. The maximum Gasteiger partial charge on any atom is 0.275 e. The molecular weight excluding hydrogens is 370 g/mol. The Kier molecular flexibility index (Phi) is 4.24. The van der Waals surface area contributed by atoms with Gasteiger partial charge in [-0.15, -0.1) is 0 Å². The number of nitrogens with zero attached hydrogens (tertiary/aromatic N) is 3. The van der Waals surface area contributed by atoms with Crippen LogP contribution < -0.4 is 4.90 Å². The third-order valence-electron chi connectivity index (χ3n) is 6.42. The van der Waals surface area contributed by atoms with Crippen molar-refractivity contribution >= 4 is 17.3 Å². The first-order valence-electron chi connectivity index (χ1n) is 10.3. The number of carbonyl (C=O) groups excluding carboxylic acids is 1. The summed E-state index contributed by atoms with van der Waals surface area (Å²) in [4.78, 5) is 15.8. The van der Waals surface area contributed by atoms with Crippen LogP contribution in [0.2, 0.25) is 0 Å². The first-order valence-corrected chi connectivity index (χ1v) is 10.3. The summed E-state index contributed by atoms with van der Waals surface area (Å²) < 4.78 is 0. The highest BCUT2D eigenvalue weighted by atomic mass is 16.2. The van der Waals surface area contributed by atoms with Gasteiger partial charge in [-0.25, -0.2) is 5.01 Å². The number of fused-ring (bicyclic) bond motifs is 3. The van der Waals surface area contributed by atoms with Crippen LogP contribution in [-0.2, 0) is 5.41 Å². The molecule has 4 heteroatoms. The SMILES string of the molecule is Cc1ccc2c(c1)N(C)[C@H]1N(C(=O)c3ccccc3)N=C(c3ccccc3)C[C@]21C. The summed E-state index contributed by atoms with van der Waals surface area (Å²) in [5.41, 5.74) is 6.07. The lowest BCUT2D eigenvalue weighted by molar-refractivity contribution is 0.0581. The zero-order valence-electron chi connectivity index (χ0n) is 17.5. The Morgan fingerprint density at radius 3 is 2.37 bits per heavy atom. The molecule has 2 aliphatic rings.